The van der Waals surface area contributed by atoms with Crippen molar-refractivity contribution in [3.63, 3.8) is 0 Å². The molecule has 0 aliphatic rings. The first kappa shape index (κ1) is 15.1. The fourth-order valence-corrected chi connectivity index (χ4v) is 2.59. The van der Waals surface area contributed by atoms with Crippen LogP contribution in [0.25, 0.3) is 0 Å². The molecule has 20 heavy (non-hydrogen) atoms. The molecule has 0 radical (unpaired) electrons. The first-order chi connectivity index (χ1) is 9.51. The SMILES string of the molecule is COc1cccc(CC(Cl)c2cc(F)c(F)cc2Cl)c1. The predicted molar refractivity (Wildman–Crippen MR) is 76.7 cm³/mol. The second-order valence-corrected chi connectivity index (χ2v) is 5.25. The lowest BCUT2D eigenvalue weighted by atomic mass is 10.0. The van der Waals surface area contributed by atoms with Gasteiger partial charge in [-0.15, -0.1) is 11.6 Å². The molecule has 0 fully saturated rings. The second-order valence-electron chi connectivity index (χ2n) is 4.31. The first-order valence-electron chi connectivity index (χ1n) is 5.92. The molecule has 0 spiro atoms. The zero-order chi connectivity index (χ0) is 14.7. The van der Waals surface area contributed by atoms with Gasteiger partial charge in [0, 0.05) is 5.02 Å². The van der Waals surface area contributed by atoms with E-state index < -0.39 is 17.0 Å². The van der Waals surface area contributed by atoms with Crippen LogP contribution in [0.5, 0.6) is 5.75 Å². The summed E-state index contributed by atoms with van der Waals surface area (Å²) >= 11 is 12.2. The summed E-state index contributed by atoms with van der Waals surface area (Å²) in [6.07, 6.45) is 0.434. The summed E-state index contributed by atoms with van der Waals surface area (Å²) in [6, 6.07) is 9.35. The van der Waals surface area contributed by atoms with Crippen LogP contribution in [-0.2, 0) is 6.42 Å². The van der Waals surface area contributed by atoms with E-state index in [4.69, 9.17) is 27.9 Å². The summed E-state index contributed by atoms with van der Waals surface area (Å²) in [5.74, 6) is -1.23. The van der Waals surface area contributed by atoms with Gasteiger partial charge in [0.25, 0.3) is 0 Å². The highest BCUT2D eigenvalue weighted by atomic mass is 35.5. The number of methoxy groups -OCH3 is 1. The Bertz CT molecular complexity index is 617. The van der Waals surface area contributed by atoms with E-state index in [1.807, 2.05) is 24.3 Å². The van der Waals surface area contributed by atoms with E-state index in [1.165, 1.54) is 0 Å². The summed E-state index contributed by atoms with van der Waals surface area (Å²) in [5.41, 5.74) is 1.29. The van der Waals surface area contributed by atoms with Crippen molar-refractivity contribution in [2.75, 3.05) is 7.11 Å². The van der Waals surface area contributed by atoms with Gasteiger partial charge in [-0.1, -0.05) is 23.7 Å². The Balaban J connectivity index is 2.23. The molecule has 106 valence electrons. The third-order valence-electron chi connectivity index (χ3n) is 2.93. The van der Waals surface area contributed by atoms with Crippen molar-refractivity contribution in [2.45, 2.75) is 11.8 Å². The van der Waals surface area contributed by atoms with Gasteiger partial charge in [-0.05, 0) is 41.8 Å². The minimum atomic E-state index is -0.982. The van der Waals surface area contributed by atoms with E-state index in [1.54, 1.807) is 7.11 Å². The Morgan fingerprint density at radius 3 is 2.55 bits per heavy atom. The molecule has 0 amide bonds. The van der Waals surface area contributed by atoms with Gasteiger partial charge in [-0.2, -0.15) is 0 Å². The molecule has 1 unspecified atom stereocenters. The minimum absolute atomic E-state index is 0.117. The average molecular weight is 317 g/mol. The summed E-state index contributed by atoms with van der Waals surface area (Å²) in [7, 11) is 1.57. The first-order valence-corrected chi connectivity index (χ1v) is 6.74. The highest BCUT2D eigenvalue weighted by Crippen LogP contribution is 2.32. The predicted octanol–water partition coefficient (Wildman–Crippen LogP) is 5.15. The van der Waals surface area contributed by atoms with Crippen molar-refractivity contribution in [1.82, 2.24) is 0 Å². The van der Waals surface area contributed by atoms with Crippen LogP contribution < -0.4 is 4.74 Å². The van der Waals surface area contributed by atoms with Crippen LogP contribution in [0.1, 0.15) is 16.5 Å². The summed E-state index contributed by atoms with van der Waals surface area (Å²) in [4.78, 5) is 0. The van der Waals surface area contributed by atoms with Gasteiger partial charge in [0.1, 0.15) is 5.75 Å². The summed E-state index contributed by atoms with van der Waals surface area (Å²) in [6.45, 7) is 0. The molecule has 2 aromatic carbocycles. The highest BCUT2D eigenvalue weighted by molar-refractivity contribution is 6.32. The standard InChI is InChI=1S/C15H12Cl2F2O/c1-20-10-4-2-3-9(5-10)6-12(16)11-7-14(18)15(19)8-13(11)17/h2-5,7-8,12H,6H2,1H3. The lowest BCUT2D eigenvalue weighted by Gasteiger charge is -2.13. The van der Waals surface area contributed by atoms with E-state index in [-0.39, 0.29) is 5.02 Å². The Morgan fingerprint density at radius 2 is 1.85 bits per heavy atom. The minimum Gasteiger partial charge on any atom is -0.497 e. The van der Waals surface area contributed by atoms with Crippen LogP contribution in [0.4, 0.5) is 8.78 Å². The van der Waals surface area contributed by atoms with Crippen molar-refractivity contribution < 1.29 is 13.5 Å². The molecule has 0 heterocycles. The summed E-state index contributed by atoms with van der Waals surface area (Å²) < 4.78 is 31.4. The molecule has 0 aromatic heterocycles. The fourth-order valence-electron chi connectivity index (χ4n) is 1.89. The number of hydrogen-bond donors (Lipinski definition) is 0. The number of halogens is 4. The molecule has 0 saturated heterocycles. The van der Waals surface area contributed by atoms with E-state index in [0.717, 1.165) is 17.7 Å². The summed E-state index contributed by atoms with van der Waals surface area (Å²) in [5, 5.41) is -0.434. The van der Waals surface area contributed by atoms with Gasteiger partial charge in [0.05, 0.1) is 12.5 Å². The molecule has 5 heteroatoms. The molecule has 2 rings (SSSR count). The molecule has 0 aliphatic heterocycles. The molecular weight excluding hydrogens is 305 g/mol. The van der Waals surface area contributed by atoms with Crippen LogP contribution in [0.2, 0.25) is 5.02 Å². The van der Waals surface area contributed by atoms with E-state index in [2.05, 4.69) is 0 Å². The topological polar surface area (TPSA) is 9.23 Å². The molecular formula is C15H12Cl2F2O. The number of benzene rings is 2. The zero-order valence-electron chi connectivity index (χ0n) is 10.7. The number of hydrogen-bond acceptors (Lipinski definition) is 1. The maximum Gasteiger partial charge on any atom is 0.160 e. The van der Waals surface area contributed by atoms with Gasteiger partial charge in [-0.3, -0.25) is 0 Å². The third kappa shape index (κ3) is 3.41. The molecule has 2 aromatic rings. The molecule has 0 saturated carbocycles. The Kier molecular flexibility index (Phi) is 4.84. The monoisotopic (exact) mass is 316 g/mol. The Morgan fingerprint density at radius 1 is 1.15 bits per heavy atom. The van der Waals surface area contributed by atoms with Gasteiger partial charge in [0.15, 0.2) is 11.6 Å². The van der Waals surface area contributed by atoms with E-state index >= 15 is 0 Å². The number of ether oxygens (including phenoxy) is 1. The number of alkyl halides is 1. The van der Waals surface area contributed by atoms with Crippen LogP contribution in [0.15, 0.2) is 36.4 Å². The lowest BCUT2D eigenvalue weighted by Crippen LogP contribution is -1.99. The Hall–Kier alpha value is -1.32. The third-order valence-corrected chi connectivity index (χ3v) is 3.64. The van der Waals surface area contributed by atoms with Crippen LogP contribution >= 0.6 is 23.2 Å². The second kappa shape index (κ2) is 6.42. The smallest absolute Gasteiger partial charge is 0.160 e. The van der Waals surface area contributed by atoms with Crippen LogP contribution in [-0.4, -0.2) is 7.11 Å². The van der Waals surface area contributed by atoms with Crippen molar-refractivity contribution in [2.24, 2.45) is 0 Å². The maximum atomic E-state index is 13.3. The van der Waals surface area contributed by atoms with Gasteiger partial charge in [-0.25, -0.2) is 8.78 Å². The lowest BCUT2D eigenvalue weighted by molar-refractivity contribution is 0.414. The van der Waals surface area contributed by atoms with Crippen molar-refractivity contribution in [1.29, 1.82) is 0 Å². The quantitative estimate of drug-likeness (QED) is 0.560. The van der Waals surface area contributed by atoms with Crippen molar-refractivity contribution >= 4 is 23.2 Å². The zero-order valence-corrected chi connectivity index (χ0v) is 12.2. The maximum absolute atomic E-state index is 13.3. The normalized spacial score (nSPS) is 12.2. The largest absolute Gasteiger partial charge is 0.497 e. The molecule has 1 atom stereocenters. The Labute approximate surface area is 126 Å². The van der Waals surface area contributed by atoms with Crippen LogP contribution in [0.3, 0.4) is 0 Å². The molecule has 0 aliphatic carbocycles. The fraction of sp³-hybridized carbons (Fsp3) is 0.200. The van der Waals surface area contributed by atoms with E-state index in [9.17, 15) is 8.78 Å². The van der Waals surface area contributed by atoms with Gasteiger partial charge in [0.2, 0.25) is 0 Å². The highest BCUT2D eigenvalue weighted by Gasteiger charge is 2.16. The van der Waals surface area contributed by atoms with Crippen LogP contribution in [0, 0.1) is 11.6 Å². The van der Waals surface area contributed by atoms with Crippen molar-refractivity contribution in [3.05, 3.63) is 64.2 Å². The average Bonchev–Trinajstić information content (AvgIpc) is 2.43. The molecule has 0 N–H and O–H groups in total. The van der Waals surface area contributed by atoms with Gasteiger partial charge < -0.3 is 4.74 Å². The molecule has 0 bridgehead atoms. The van der Waals surface area contributed by atoms with Gasteiger partial charge >= 0.3 is 0 Å². The van der Waals surface area contributed by atoms with Crippen molar-refractivity contribution in [3.8, 4) is 5.75 Å². The molecule has 1 nitrogen and oxygen atoms in total. The van der Waals surface area contributed by atoms with E-state index in [0.29, 0.717) is 17.7 Å². The number of rotatable bonds is 4.